The molecular weight excluding hydrogens is 301 g/mol. The topological polar surface area (TPSA) is 31.4 Å². The van der Waals surface area contributed by atoms with Crippen molar-refractivity contribution in [2.24, 2.45) is 0 Å². The minimum absolute atomic E-state index is 0.354. The Kier molecular flexibility index (Phi) is 4.15. The molecule has 94 valence electrons. The van der Waals surface area contributed by atoms with Crippen LogP contribution in [0.15, 0.2) is 40.9 Å². The SMILES string of the molecule is CCOc1cccc(Oc2cc(F)ccc2Br)n1. The molecule has 1 aromatic heterocycles. The molecule has 0 unspecified atom stereocenters. The van der Waals surface area contributed by atoms with Crippen molar-refractivity contribution in [3.05, 3.63) is 46.7 Å². The van der Waals surface area contributed by atoms with Gasteiger partial charge in [-0.05, 0) is 35.0 Å². The van der Waals surface area contributed by atoms with Crippen LogP contribution in [0.3, 0.4) is 0 Å². The molecule has 0 fully saturated rings. The summed E-state index contributed by atoms with van der Waals surface area (Å²) in [6, 6.07) is 9.40. The lowest BCUT2D eigenvalue weighted by atomic mass is 10.3. The molecule has 2 rings (SSSR count). The summed E-state index contributed by atoms with van der Waals surface area (Å²) in [7, 11) is 0. The molecule has 0 aliphatic carbocycles. The second kappa shape index (κ2) is 5.82. The van der Waals surface area contributed by atoms with E-state index < -0.39 is 0 Å². The number of hydrogen-bond acceptors (Lipinski definition) is 3. The van der Waals surface area contributed by atoms with Crippen LogP contribution in [-0.2, 0) is 0 Å². The number of pyridine rings is 1. The molecule has 0 aliphatic heterocycles. The molecule has 1 aromatic carbocycles. The molecule has 0 bridgehead atoms. The van der Waals surface area contributed by atoms with Gasteiger partial charge >= 0.3 is 0 Å². The van der Waals surface area contributed by atoms with E-state index in [1.165, 1.54) is 12.1 Å². The molecule has 0 aliphatic rings. The van der Waals surface area contributed by atoms with Crippen molar-refractivity contribution in [3.63, 3.8) is 0 Å². The summed E-state index contributed by atoms with van der Waals surface area (Å²) >= 11 is 3.29. The first-order valence-corrected chi connectivity index (χ1v) is 6.21. The number of halogens is 2. The van der Waals surface area contributed by atoms with Gasteiger partial charge in [-0.1, -0.05) is 6.07 Å². The average molecular weight is 312 g/mol. The van der Waals surface area contributed by atoms with E-state index in [0.29, 0.717) is 28.6 Å². The number of hydrogen-bond donors (Lipinski definition) is 0. The third-order valence-corrected chi connectivity index (χ3v) is 2.75. The summed E-state index contributed by atoms with van der Waals surface area (Å²) in [6.45, 7) is 2.40. The van der Waals surface area contributed by atoms with Gasteiger partial charge in [-0.2, -0.15) is 4.98 Å². The van der Waals surface area contributed by atoms with E-state index in [9.17, 15) is 4.39 Å². The van der Waals surface area contributed by atoms with Gasteiger partial charge in [-0.25, -0.2) is 4.39 Å². The third kappa shape index (κ3) is 3.20. The van der Waals surface area contributed by atoms with Gasteiger partial charge in [-0.3, -0.25) is 0 Å². The van der Waals surface area contributed by atoms with E-state index in [4.69, 9.17) is 9.47 Å². The Bertz CT molecular complexity index is 548. The zero-order valence-corrected chi connectivity index (χ0v) is 11.3. The van der Waals surface area contributed by atoms with Gasteiger partial charge in [0.1, 0.15) is 11.6 Å². The number of benzene rings is 1. The van der Waals surface area contributed by atoms with Crippen LogP contribution in [0.2, 0.25) is 0 Å². The van der Waals surface area contributed by atoms with Crippen LogP contribution in [0.5, 0.6) is 17.5 Å². The summed E-state index contributed by atoms with van der Waals surface area (Å²) < 4.78 is 24.5. The molecule has 0 saturated carbocycles. The minimum Gasteiger partial charge on any atom is -0.478 e. The molecular formula is C13H11BrFNO2. The van der Waals surface area contributed by atoms with Crippen molar-refractivity contribution in [2.75, 3.05) is 6.61 Å². The monoisotopic (exact) mass is 311 g/mol. The second-order valence-corrected chi connectivity index (χ2v) is 4.28. The number of aromatic nitrogens is 1. The zero-order valence-electron chi connectivity index (χ0n) is 9.69. The lowest BCUT2D eigenvalue weighted by Crippen LogP contribution is -1.96. The van der Waals surface area contributed by atoms with E-state index >= 15 is 0 Å². The number of nitrogens with zero attached hydrogens (tertiary/aromatic N) is 1. The van der Waals surface area contributed by atoms with E-state index in [1.54, 1.807) is 24.3 Å². The summed E-state index contributed by atoms with van der Waals surface area (Å²) in [5, 5.41) is 0. The summed E-state index contributed by atoms with van der Waals surface area (Å²) in [6.07, 6.45) is 0. The predicted molar refractivity (Wildman–Crippen MR) is 69.6 cm³/mol. The molecule has 0 amide bonds. The summed E-state index contributed by atoms with van der Waals surface area (Å²) in [4.78, 5) is 4.14. The van der Waals surface area contributed by atoms with E-state index in [1.807, 2.05) is 6.92 Å². The van der Waals surface area contributed by atoms with Crippen LogP contribution < -0.4 is 9.47 Å². The van der Waals surface area contributed by atoms with Crippen molar-refractivity contribution in [1.82, 2.24) is 4.98 Å². The third-order valence-electron chi connectivity index (χ3n) is 2.10. The van der Waals surface area contributed by atoms with Gasteiger partial charge < -0.3 is 9.47 Å². The zero-order chi connectivity index (χ0) is 13.0. The van der Waals surface area contributed by atoms with Crippen LogP contribution in [0.1, 0.15) is 6.92 Å². The quantitative estimate of drug-likeness (QED) is 0.849. The van der Waals surface area contributed by atoms with Crippen LogP contribution in [-0.4, -0.2) is 11.6 Å². The van der Waals surface area contributed by atoms with E-state index in [0.717, 1.165) is 0 Å². The molecule has 0 atom stereocenters. The number of rotatable bonds is 4. The van der Waals surface area contributed by atoms with Crippen LogP contribution in [0.4, 0.5) is 4.39 Å². The molecule has 1 heterocycles. The Morgan fingerprint density at radius 3 is 2.78 bits per heavy atom. The molecule has 0 spiro atoms. The highest BCUT2D eigenvalue weighted by Gasteiger charge is 2.06. The highest BCUT2D eigenvalue weighted by molar-refractivity contribution is 9.10. The Balaban J connectivity index is 2.22. The van der Waals surface area contributed by atoms with Crippen LogP contribution in [0.25, 0.3) is 0 Å². The standard InChI is InChI=1S/C13H11BrFNO2/c1-2-17-12-4-3-5-13(16-12)18-11-8-9(15)6-7-10(11)14/h3-8H,2H2,1H3. The van der Waals surface area contributed by atoms with Gasteiger partial charge in [0.15, 0.2) is 0 Å². The predicted octanol–water partition coefficient (Wildman–Crippen LogP) is 4.17. The highest BCUT2D eigenvalue weighted by Crippen LogP contribution is 2.30. The lowest BCUT2D eigenvalue weighted by Gasteiger charge is -2.08. The van der Waals surface area contributed by atoms with E-state index in [2.05, 4.69) is 20.9 Å². The van der Waals surface area contributed by atoms with Crippen LogP contribution >= 0.6 is 15.9 Å². The average Bonchev–Trinajstić information content (AvgIpc) is 2.35. The van der Waals surface area contributed by atoms with Gasteiger partial charge in [0.05, 0.1) is 11.1 Å². The van der Waals surface area contributed by atoms with Gasteiger partial charge in [-0.15, -0.1) is 0 Å². The fourth-order valence-electron chi connectivity index (χ4n) is 1.35. The first-order chi connectivity index (χ1) is 8.69. The molecule has 3 nitrogen and oxygen atoms in total. The fraction of sp³-hybridized carbons (Fsp3) is 0.154. The smallest absolute Gasteiger partial charge is 0.222 e. The molecule has 18 heavy (non-hydrogen) atoms. The van der Waals surface area contributed by atoms with Crippen molar-refractivity contribution >= 4 is 15.9 Å². The van der Waals surface area contributed by atoms with Gasteiger partial charge in [0.2, 0.25) is 11.8 Å². The van der Waals surface area contributed by atoms with Crippen molar-refractivity contribution in [1.29, 1.82) is 0 Å². The maximum atomic E-state index is 13.1. The highest BCUT2D eigenvalue weighted by atomic mass is 79.9. The minimum atomic E-state index is -0.367. The maximum Gasteiger partial charge on any atom is 0.222 e. The Labute approximate surface area is 113 Å². The van der Waals surface area contributed by atoms with Gasteiger partial charge in [0, 0.05) is 18.2 Å². The molecule has 0 saturated heterocycles. The first-order valence-electron chi connectivity index (χ1n) is 5.42. The fourth-order valence-corrected chi connectivity index (χ4v) is 1.68. The molecule has 2 aromatic rings. The first kappa shape index (κ1) is 12.8. The van der Waals surface area contributed by atoms with Crippen LogP contribution in [0, 0.1) is 5.82 Å². The Morgan fingerprint density at radius 2 is 2.00 bits per heavy atom. The summed E-state index contributed by atoms with van der Waals surface area (Å²) in [5.74, 6) is 0.833. The van der Waals surface area contributed by atoms with Gasteiger partial charge in [0.25, 0.3) is 0 Å². The Morgan fingerprint density at radius 1 is 1.22 bits per heavy atom. The maximum absolute atomic E-state index is 13.1. The lowest BCUT2D eigenvalue weighted by molar-refractivity contribution is 0.321. The van der Waals surface area contributed by atoms with Crippen molar-refractivity contribution < 1.29 is 13.9 Å². The van der Waals surface area contributed by atoms with E-state index in [-0.39, 0.29) is 5.82 Å². The number of ether oxygens (including phenoxy) is 2. The normalized spacial score (nSPS) is 10.2. The molecule has 5 heteroatoms. The largest absolute Gasteiger partial charge is 0.478 e. The molecule has 0 N–H and O–H groups in total. The van der Waals surface area contributed by atoms with Crippen molar-refractivity contribution in [3.8, 4) is 17.5 Å². The molecule has 0 radical (unpaired) electrons. The summed E-state index contributed by atoms with van der Waals surface area (Å²) in [5.41, 5.74) is 0. The second-order valence-electron chi connectivity index (χ2n) is 3.42. The van der Waals surface area contributed by atoms with Crippen molar-refractivity contribution in [2.45, 2.75) is 6.92 Å². The Hall–Kier alpha value is -1.62.